The summed E-state index contributed by atoms with van der Waals surface area (Å²) in [4.78, 5) is 16.4. The molecule has 0 aliphatic carbocycles. The zero-order chi connectivity index (χ0) is 22.1. The van der Waals surface area contributed by atoms with E-state index in [4.69, 9.17) is 15.9 Å². The second-order valence-corrected chi connectivity index (χ2v) is 9.11. The van der Waals surface area contributed by atoms with Crippen LogP contribution in [0.3, 0.4) is 0 Å². The largest absolute Gasteiger partial charge is 0.323 e. The van der Waals surface area contributed by atoms with Crippen molar-refractivity contribution in [2.45, 2.75) is 65.5 Å². The Labute approximate surface area is 178 Å². The molecule has 6 nitrogen and oxygen atoms in total. The number of carbonyl (C=O) groups is 1. The van der Waals surface area contributed by atoms with Gasteiger partial charge in [-0.15, -0.1) is 0 Å². The van der Waals surface area contributed by atoms with Crippen molar-refractivity contribution in [2.24, 2.45) is 5.73 Å². The SMILES string of the molecule is Cc1cc2nc(CC[C@H](N)C(=O)NO)n(Cc3ccc(C(C)(C)C)cc3)c2cc1C. The third kappa shape index (κ3) is 4.71. The molecule has 1 amide bonds. The number of hydrogen-bond donors (Lipinski definition) is 3. The van der Waals surface area contributed by atoms with Gasteiger partial charge >= 0.3 is 0 Å². The second kappa shape index (κ2) is 8.58. The first-order valence-corrected chi connectivity index (χ1v) is 10.4. The molecule has 3 rings (SSSR count). The normalized spacial score (nSPS) is 12.9. The van der Waals surface area contributed by atoms with Crippen molar-refractivity contribution in [3.8, 4) is 0 Å². The molecule has 0 fully saturated rings. The number of rotatable bonds is 6. The van der Waals surface area contributed by atoms with Gasteiger partial charge in [0.2, 0.25) is 0 Å². The van der Waals surface area contributed by atoms with Crippen LogP contribution in [0.15, 0.2) is 36.4 Å². The molecule has 0 saturated carbocycles. The predicted molar refractivity (Wildman–Crippen MR) is 120 cm³/mol. The summed E-state index contributed by atoms with van der Waals surface area (Å²) in [6, 6.07) is 12.2. The summed E-state index contributed by atoms with van der Waals surface area (Å²) in [5.74, 6) is 0.304. The minimum Gasteiger partial charge on any atom is -0.323 e. The van der Waals surface area contributed by atoms with Gasteiger partial charge in [-0.25, -0.2) is 10.5 Å². The number of nitrogens with one attached hydrogen (secondary N) is 1. The number of aryl methyl sites for hydroxylation is 3. The Morgan fingerprint density at radius 1 is 1.17 bits per heavy atom. The van der Waals surface area contributed by atoms with Gasteiger partial charge in [-0.3, -0.25) is 10.0 Å². The van der Waals surface area contributed by atoms with Crippen LogP contribution in [0.5, 0.6) is 0 Å². The van der Waals surface area contributed by atoms with Gasteiger partial charge in [0, 0.05) is 13.0 Å². The molecule has 0 unspecified atom stereocenters. The molecule has 0 aliphatic rings. The van der Waals surface area contributed by atoms with Crippen molar-refractivity contribution in [3.05, 3.63) is 64.5 Å². The second-order valence-electron chi connectivity index (χ2n) is 9.11. The lowest BCUT2D eigenvalue weighted by atomic mass is 9.87. The van der Waals surface area contributed by atoms with E-state index in [1.54, 1.807) is 5.48 Å². The molecule has 6 heteroatoms. The highest BCUT2D eigenvalue weighted by Crippen LogP contribution is 2.25. The van der Waals surface area contributed by atoms with Crippen LogP contribution in [0.2, 0.25) is 0 Å². The molecule has 0 spiro atoms. The van der Waals surface area contributed by atoms with Gasteiger partial charge < -0.3 is 10.3 Å². The van der Waals surface area contributed by atoms with E-state index in [-0.39, 0.29) is 5.41 Å². The Morgan fingerprint density at radius 2 is 1.80 bits per heavy atom. The fourth-order valence-electron chi connectivity index (χ4n) is 3.59. The number of carbonyl (C=O) groups excluding carboxylic acids is 1. The monoisotopic (exact) mass is 408 g/mol. The van der Waals surface area contributed by atoms with Crippen molar-refractivity contribution >= 4 is 16.9 Å². The van der Waals surface area contributed by atoms with E-state index in [1.807, 2.05) is 0 Å². The zero-order valence-corrected chi connectivity index (χ0v) is 18.5. The Morgan fingerprint density at radius 3 is 2.40 bits per heavy atom. The molecule has 1 aromatic heterocycles. The van der Waals surface area contributed by atoms with Crippen LogP contribution in [0, 0.1) is 13.8 Å². The van der Waals surface area contributed by atoms with E-state index < -0.39 is 11.9 Å². The van der Waals surface area contributed by atoms with Crippen LogP contribution in [0.25, 0.3) is 11.0 Å². The highest BCUT2D eigenvalue weighted by Gasteiger charge is 2.18. The molecule has 1 heterocycles. The topological polar surface area (TPSA) is 93.2 Å². The van der Waals surface area contributed by atoms with Crippen LogP contribution in [0.1, 0.15) is 55.3 Å². The summed E-state index contributed by atoms with van der Waals surface area (Å²) in [7, 11) is 0. The first-order chi connectivity index (χ1) is 14.1. The van der Waals surface area contributed by atoms with Gasteiger partial charge in [-0.1, -0.05) is 45.0 Å². The van der Waals surface area contributed by atoms with Gasteiger partial charge in [0.25, 0.3) is 5.91 Å². The lowest BCUT2D eigenvalue weighted by Crippen LogP contribution is -2.39. The smallest absolute Gasteiger partial charge is 0.260 e. The minimum atomic E-state index is -0.780. The number of aromatic nitrogens is 2. The average Bonchev–Trinajstić information content (AvgIpc) is 3.01. The Kier molecular flexibility index (Phi) is 6.29. The molecule has 3 aromatic rings. The molecule has 2 aromatic carbocycles. The van der Waals surface area contributed by atoms with E-state index >= 15 is 0 Å². The van der Waals surface area contributed by atoms with Crippen LogP contribution >= 0.6 is 0 Å². The van der Waals surface area contributed by atoms with Crippen LogP contribution in [-0.4, -0.2) is 26.7 Å². The van der Waals surface area contributed by atoms with Crippen molar-refractivity contribution < 1.29 is 10.0 Å². The average molecular weight is 409 g/mol. The number of benzene rings is 2. The lowest BCUT2D eigenvalue weighted by Gasteiger charge is -2.19. The maximum Gasteiger partial charge on any atom is 0.260 e. The van der Waals surface area contributed by atoms with Crippen molar-refractivity contribution in [2.75, 3.05) is 0 Å². The number of fused-ring (bicyclic) bond motifs is 1. The Balaban J connectivity index is 1.96. The molecule has 160 valence electrons. The first-order valence-electron chi connectivity index (χ1n) is 10.4. The van der Waals surface area contributed by atoms with Gasteiger partial charge in [0.15, 0.2) is 0 Å². The quantitative estimate of drug-likeness (QED) is 0.428. The molecule has 4 N–H and O–H groups in total. The van der Waals surface area contributed by atoms with E-state index in [9.17, 15) is 4.79 Å². The summed E-state index contributed by atoms with van der Waals surface area (Å²) in [5, 5.41) is 8.81. The van der Waals surface area contributed by atoms with E-state index in [2.05, 4.69) is 75.6 Å². The van der Waals surface area contributed by atoms with Crippen molar-refractivity contribution in [3.63, 3.8) is 0 Å². The summed E-state index contributed by atoms with van der Waals surface area (Å²) >= 11 is 0. The minimum absolute atomic E-state index is 0.115. The number of hydrogen-bond acceptors (Lipinski definition) is 4. The third-order valence-corrected chi connectivity index (χ3v) is 5.73. The number of amides is 1. The molecule has 0 radical (unpaired) electrons. The molecule has 0 saturated heterocycles. The van der Waals surface area contributed by atoms with E-state index in [1.165, 1.54) is 22.3 Å². The van der Waals surface area contributed by atoms with E-state index in [0.717, 1.165) is 16.9 Å². The summed E-state index contributed by atoms with van der Waals surface area (Å²) in [6.07, 6.45) is 0.943. The summed E-state index contributed by atoms with van der Waals surface area (Å²) in [6.45, 7) is 11.5. The van der Waals surface area contributed by atoms with Gasteiger partial charge in [-0.05, 0) is 60.1 Å². The van der Waals surface area contributed by atoms with E-state index in [0.29, 0.717) is 19.4 Å². The summed E-state index contributed by atoms with van der Waals surface area (Å²) < 4.78 is 2.21. The fraction of sp³-hybridized carbons (Fsp3) is 0.417. The van der Waals surface area contributed by atoms with Crippen LogP contribution in [-0.2, 0) is 23.2 Å². The highest BCUT2D eigenvalue weighted by atomic mass is 16.5. The van der Waals surface area contributed by atoms with Gasteiger partial charge in [0.05, 0.1) is 17.1 Å². The predicted octanol–water partition coefficient (Wildman–Crippen LogP) is 3.76. The number of nitrogens with two attached hydrogens (primary N) is 1. The first kappa shape index (κ1) is 22.0. The van der Waals surface area contributed by atoms with Crippen LogP contribution < -0.4 is 11.2 Å². The Hall–Kier alpha value is -2.70. The number of nitrogens with zero attached hydrogens (tertiary/aromatic N) is 2. The Bertz CT molecular complexity index is 1050. The lowest BCUT2D eigenvalue weighted by molar-refractivity contribution is -0.130. The molecular weight excluding hydrogens is 376 g/mol. The van der Waals surface area contributed by atoms with Gasteiger partial charge in [0.1, 0.15) is 5.82 Å². The van der Waals surface area contributed by atoms with Crippen molar-refractivity contribution in [1.82, 2.24) is 15.0 Å². The standard InChI is InChI=1S/C24H32N4O2/c1-15-12-20-21(13-16(15)2)28(22(26-20)11-10-19(25)23(29)27-30)14-17-6-8-18(9-7-17)24(3,4)5/h6-9,12-13,19,30H,10-11,14,25H2,1-5H3,(H,27,29)/t19-/m0/s1. The number of hydroxylamine groups is 1. The maximum absolute atomic E-state index is 11.6. The van der Waals surface area contributed by atoms with Crippen molar-refractivity contribution in [1.29, 1.82) is 0 Å². The number of imidazole rings is 1. The fourth-order valence-corrected chi connectivity index (χ4v) is 3.59. The molecule has 30 heavy (non-hydrogen) atoms. The maximum atomic E-state index is 11.6. The molecule has 0 aliphatic heterocycles. The third-order valence-electron chi connectivity index (χ3n) is 5.73. The molecule has 0 bridgehead atoms. The summed E-state index contributed by atoms with van der Waals surface area (Å²) in [5.41, 5.74) is 14.5. The van der Waals surface area contributed by atoms with Crippen LogP contribution in [0.4, 0.5) is 0 Å². The molecular formula is C24H32N4O2. The zero-order valence-electron chi connectivity index (χ0n) is 18.5. The highest BCUT2D eigenvalue weighted by molar-refractivity contribution is 5.80. The molecule has 1 atom stereocenters. The van der Waals surface area contributed by atoms with Gasteiger partial charge in [-0.2, -0.15) is 0 Å².